The number of fused-ring (bicyclic) bond motifs is 4. The third-order valence-corrected chi connectivity index (χ3v) is 6.51. The molecule has 1 aliphatic rings. The van der Waals surface area contributed by atoms with Crippen molar-refractivity contribution in [2.45, 2.75) is 18.9 Å². The fourth-order valence-electron chi connectivity index (χ4n) is 4.23. The smallest absolute Gasteiger partial charge is 0.411 e. The molecule has 0 aliphatic carbocycles. The average Bonchev–Trinajstić information content (AvgIpc) is 3.46. The van der Waals surface area contributed by atoms with Crippen molar-refractivity contribution in [1.82, 2.24) is 25.3 Å². The lowest BCUT2D eigenvalue weighted by Crippen LogP contribution is -2.30. The lowest BCUT2D eigenvalue weighted by molar-refractivity contribution is 0.0924. The van der Waals surface area contributed by atoms with Gasteiger partial charge in [0, 0.05) is 17.4 Å². The van der Waals surface area contributed by atoms with Gasteiger partial charge in [-0.1, -0.05) is 28.9 Å². The van der Waals surface area contributed by atoms with Crippen LogP contribution in [0.3, 0.4) is 0 Å². The number of amides is 3. The molecule has 1 aliphatic heterocycles. The second-order valence-electron chi connectivity index (χ2n) is 8.90. The summed E-state index contributed by atoms with van der Waals surface area (Å²) in [5, 5.41) is 15.8. The zero-order valence-corrected chi connectivity index (χ0v) is 22.3. The number of hydrogen-bond donors (Lipinski definition) is 3. The van der Waals surface area contributed by atoms with E-state index < -0.39 is 30.0 Å². The summed E-state index contributed by atoms with van der Waals surface area (Å²) in [6.45, 7) is 0.0670. The number of nitrogens with zero attached hydrogens (tertiary/aromatic N) is 4. The van der Waals surface area contributed by atoms with Gasteiger partial charge in [-0.05, 0) is 54.8 Å². The topological polar surface area (TPSA) is 149 Å². The normalized spacial score (nSPS) is 14.8. The zero-order valence-electron chi connectivity index (χ0n) is 21.6. The molecule has 3 N–H and O–H groups in total. The van der Waals surface area contributed by atoms with Crippen molar-refractivity contribution >= 4 is 41.1 Å². The number of rotatable bonds is 4. The van der Waals surface area contributed by atoms with E-state index in [-0.39, 0.29) is 23.0 Å². The van der Waals surface area contributed by atoms with E-state index in [0.717, 1.165) is 4.68 Å². The molecule has 4 aromatic rings. The standard InChI is InChI=1S/C27H23ClFN7O5/c1-40-26(38)31-16-7-8-17-15-9-10-30-21(12-15)19(5-3-11-41-27(39)33-20(17)13-16)32-25(37)22-14-36(35-34-22)23-6-2-4-18(28)24(23)29/h2,4,6-10,12-14,19H,3,5,11H2,1H3,(H,31,38)(H,32,37)(H,33,39)/t19-/m0/s1. The van der Waals surface area contributed by atoms with Crippen LogP contribution in [0.15, 0.2) is 60.9 Å². The van der Waals surface area contributed by atoms with E-state index in [0.29, 0.717) is 41.0 Å². The van der Waals surface area contributed by atoms with Gasteiger partial charge in [0.1, 0.15) is 5.69 Å². The SMILES string of the molecule is COC(=O)Nc1ccc2c(c1)NC(=O)OCCC[C@H](NC(=O)c1cn(-c3cccc(Cl)c3F)nn1)c1cc-2ccn1. The van der Waals surface area contributed by atoms with Crippen LogP contribution in [0.1, 0.15) is 35.1 Å². The van der Waals surface area contributed by atoms with Gasteiger partial charge in [-0.2, -0.15) is 0 Å². The van der Waals surface area contributed by atoms with Gasteiger partial charge < -0.3 is 14.8 Å². The van der Waals surface area contributed by atoms with Crippen LogP contribution in [0.25, 0.3) is 16.8 Å². The number of aromatic nitrogens is 4. The Morgan fingerprint density at radius 3 is 2.90 bits per heavy atom. The number of hydrogen-bond acceptors (Lipinski definition) is 8. The summed E-state index contributed by atoms with van der Waals surface area (Å²) in [6.07, 6.45) is 2.34. The fraction of sp³-hybridized carbons (Fsp3) is 0.185. The van der Waals surface area contributed by atoms with E-state index >= 15 is 0 Å². The Balaban J connectivity index is 1.43. The molecule has 5 rings (SSSR count). The van der Waals surface area contributed by atoms with Crippen LogP contribution >= 0.6 is 11.6 Å². The predicted octanol–water partition coefficient (Wildman–Crippen LogP) is 5.11. The van der Waals surface area contributed by atoms with Gasteiger partial charge in [0.15, 0.2) is 11.5 Å². The summed E-state index contributed by atoms with van der Waals surface area (Å²) in [5.41, 5.74) is 2.65. The second kappa shape index (κ2) is 12.0. The van der Waals surface area contributed by atoms with Gasteiger partial charge >= 0.3 is 12.2 Å². The maximum absolute atomic E-state index is 14.4. The number of methoxy groups -OCH3 is 1. The highest BCUT2D eigenvalue weighted by Crippen LogP contribution is 2.33. The summed E-state index contributed by atoms with van der Waals surface area (Å²) in [5.74, 6) is -1.25. The molecule has 14 heteroatoms. The highest BCUT2D eigenvalue weighted by Gasteiger charge is 2.22. The number of benzene rings is 2. The summed E-state index contributed by atoms with van der Waals surface area (Å²) in [7, 11) is 1.24. The molecule has 3 amide bonds. The van der Waals surface area contributed by atoms with Crippen LogP contribution in [0.5, 0.6) is 0 Å². The van der Waals surface area contributed by atoms with E-state index in [4.69, 9.17) is 16.3 Å². The number of halogens is 2. The zero-order chi connectivity index (χ0) is 28.9. The molecule has 1 atom stereocenters. The first-order valence-corrected chi connectivity index (χ1v) is 12.8. The number of carbonyl (C=O) groups excluding carboxylic acids is 3. The molecule has 0 unspecified atom stereocenters. The van der Waals surface area contributed by atoms with Gasteiger partial charge in [-0.25, -0.2) is 18.7 Å². The number of cyclic esters (lactones) is 1. The molecule has 0 saturated carbocycles. The first kappa shape index (κ1) is 27.5. The van der Waals surface area contributed by atoms with Crippen LogP contribution in [0.4, 0.5) is 25.4 Å². The van der Waals surface area contributed by atoms with Gasteiger partial charge in [0.25, 0.3) is 5.91 Å². The molecule has 12 nitrogen and oxygen atoms in total. The number of carbonyl (C=O) groups is 3. The van der Waals surface area contributed by atoms with Crippen LogP contribution in [-0.4, -0.2) is 51.8 Å². The molecule has 41 heavy (non-hydrogen) atoms. The minimum atomic E-state index is -0.691. The number of ether oxygens (including phenoxy) is 2. The third kappa shape index (κ3) is 6.25. The Bertz CT molecular complexity index is 1630. The molecular weight excluding hydrogens is 557 g/mol. The molecule has 2 aromatic heterocycles. The largest absolute Gasteiger partial charge is 0.453 e. The van der Waals surface area contributed by atoms with Crippen molar-refractivity contribution in [2.24, 2.45) is 0 Å². The van der Waals surface area contributed by atoms with E-state index in [9.17, 15) is 18.8 Å². The van der Waals surface area contributed by atoms with Crippen molar-refractivity contribution in [3.63, 3.8) is 0 Å². The van der Waals surface area contributed by atoms with Gasteiger partial charge in [0.2, 0.25) is 0 Å². The summed E-state index contributed by atoms with van der Waals surface area (Å²) in [6, 6.07) is 12.3. The Morgan fingerprint density at radius 1 is 1.22 bits per heavy atom. The van der Waals surface area contributed by atoms with Crippen LogP contribution in [-0.2, 0) is 9.47 Å². The Hall–Kier alpha value is -5.04. The second-order valence-corrected chi connectivity index (χ2v) is 9.30. The molecular formula is C27H23ClFN7O5. The Labute approximate surface area is 237 Å². The minimum Gasteiger partial charge on any atom is -0.453 e. The highest BCUT2D eigenvalue weighted by molar-refractivity contribution is 6.30. The van der Waals surface area contributed by atoms with E-state index in [1.807, 2.05) is 0 Å². The van der Waals surface area contributed by atoms with E-state index in [2.05, 4.69) is 36.0 Å². The van der Waals surface area contributed by atoms with Crippen LogP contribution in [0.2, 0.25) is 5.02 Å². The van der Waals surface area contributed by atoms with E-state index in [1.165, 1.54) is 25.4 Å². The predicted molar refractivity (Wildman–Crippen MR) is 146 cm³/mol. The number of pyridine rings is 1. The maximum atomic E-state index is 14.4. The number of anilines is 2. The molecule has 0 radical (unpaired) electrons. The Kier molecular flexibility index (Phi) is 8.06. The fourth-order valence-corrected chi connectivity index (χ4v) is 4.40. The monoisotopic (exact) mass is 579 g/mol. The van der Waals surface area contributed by atoms with Crippen molar-refractivity contribution in [2.75, 3.05) is 24.4 Å². The molecule has 3 heterocycles. The van der Waals surface area contributed by atoms with Crippen LogP contribution in [0, 0.1) is 5.82 Å². The first-order chi connectivity index (χ1) is 19.8. The van der Waals surface area contributed by atoms with Crippen molar-refractivity contribution in [3.05, 3.63) is 83.2 Å². The molecule has 0 saturated heterocycles. The number of nitrogens with one attached hydrogen (secondary N) is 3. The molecule has 2 bridgehead atoms. The molecule has 0 fully saturated rings. The minimum absolute atomic E-state index is 0.0433. The summed E-state index contributed by atoms with van der Waals surface area (Å²) in [4.78, 5) is 41.8. The van der Waals surface area contributed by atoms with Gasteiger partial charge in [0.05, 0.1) is 42.4 Å². The summed E-state index contributed by atoms with van der Waals surface area (Å²) < 4.78 is 25.5. The maximum Gasteiger partial charge on any atom is 0.411 e. The first-order valence-electron chi connectivity index (χ1n) is 12.4. The van der Waals surface area contributed by atoms with Crippen molar-refractivity contribution < 1.29 is 28.2 Å². The summed E-state index contributed by atoms with van der Waals surface area (Å²) >= 11 is 5.86. The van der Waals surface area contributed by atoms with Crippen LogP contribution < -0.4 is 16.0 Å². The van der Waals surface area contributed by atoms with Gasteiger partial charge in [-0.15, -0.1) is 5.10 Å². The lowest BCUT2D eigenvalue weighted by Gasteiger charge is -2.20. The highest BCUT2D eigenvalue weighted by atomic mass is 35.5. The molecule has 0 spiro atoms. The Morgan fingerprint density at radius 2 is 2.07 bits per heavy atom. The van der Waals surface area contributed by atoms with Gasteiger partial charge in [-0.3, -0.25) is 20.4 Å². The molecule has 2 aromatic carbocycles. The average molecular weight is 580 g/mol. The lowest BCUT2D eigenvalue weighted by atomic mass is 9.99. The van der Waals surface area contributed by atoms with E-state index in [1.54, 1.807) is 42.6 Å². The van der Waals surface area contributed by atoms with Crippen molar-refractivity contribution in [1.29, 1.82) is 0 Å². The van der Waals surface area contributed by atoms with Crippen molar-refractivity contribution in [3.8, 4) is 16.8 Å². The quantitative estimate of drug-likeness (QED) is 0.302. The molecule has 210 valence electrons. The third-order valence-electron chi connectivity index (χ3n) is 6.22.